The summed E-state index contributed by atoms with van der Waals surface area (Å²) in [5.41, 5.74) is 0.216. The zero-order chi connectivity index (χ0) is 7.19. The molecule has 1 N–H and O–H groups in total. The molecule has 0 radical (unpaired) electrons. The summed E-state index contributed by atoms with van der Waals surface area (Å²) in [6, 6.07) is 0. The van der Waals surface area contributed by atoms with Crippen molar-refractivity contribution in [2.24, 2.45) is 5.92 Å². The minimum absolute atomic E-state index is 0.216. The maximum absolute atomic E-state index is 5.58. The largest absolute Gasteiger partial charge is 0.361 e. The fourth-order valence-electron chi connectivity index (χ4n) is 1.42. The molecule has 0 aromatic heterocycles. The van der Waals surface area contributed by atoms with Crippen molar-refractivity contribution >= 4 is 0 Å². The van der Waals surface area contributed by atoms with Gasteiger partial charge in [0.15, 0.2) is 0 Å². The average molecular weight is 141 g/mol. The van der Waals surface area contributed by atoms with Gasteiger partial charge in [-0.25, -0.2) is 0 Å². The molecule has 0 spiro atoms. The van der Waals surface area contributed by atoms with Gasteiger partial charge in [0, 0.05) is 5.54 Å². The monoisotopic (exact) mass is 141 g/mol. The third-order valence-electron chi connectivity index (χ3n) is 2.21. The molecule has 0 aromatic rings. The molecule has 1 aliphatic carbocycles. The van der Waals surface area contributed by atoms with Crippen LogP contribution in [0.2, 0.25) is 0 Å². The molecule has 2 rings (SSSR count). The summed E-state index contributed by atoms with van der Waals surface area (Å²) in [4.78, 5) is 0. The summed E-state index contributed by atoms with van der Waals surface area (Å²) < 4.78 is 5.58. The van der Waals surface area contributed by atoms with Gasteiger partial charge < -0.3 is 4.74 Å². The predicted octanol–water partition coefficient (Wildman–Crippen LogP) is 1.12. The zero-order valence-corrected chi connectivity index (χ0v) is 6.68. The lowest BCUT2D eigenvalue weighted by atomic mass is 10.1. The van der Waals surface area contributed by atoms with Gasteiger partial charge in [0.05, 0.1) is 6.61 Å². The van der Waals surface area contributed by atoms with Gasteiger partial charge in [0.25, 0.3) is 0 Å². The van der Waals surface area contributed by atoms with E-state index in [0.29, 0.717) is 6.23 Å². The van der Waals surface area contributed by atoms with Gasteiger partial charge in [-0.1, -0.05) is 0 Å². The summed E-state index contributed by atoms with van der Waals surface area (Å²) in [6.07, 6.45) is 3.08. The van der Waals surface area contributed by atoms with Crippen LogP contribution in [0.3, 0.4) is 0 Å². The van der Waals surface area contributed by atoms with Gasteiger partial charge in [0.2, 0.25) is 0 Å². The van der Waals surface area contributed by atoms with Gasteiger partial charge in [0.1, 0.15) is 6.23 Å². The van der Waals surface area contributed by atoms with Crippen LogP contribution in [0.4, 0.5) is 0 Å². The molecule has 0 bridgehead atoms. The molecular weight excluding hydrogens is 126 g/mol. The highest BCUT2D eigenvalue weighted by Crippen LogP contribution is 2.36. The number of hydrogen-bond donors (Lipinski definition) is 1. The smallest absolute Gasteiger partial charge is 0.111 e. The summed E-state index contributed by atoms with van der Waals surface area (Å²) in [5.74, 6) is 0.821. The second-order valence-corrected chi connectivity index (χ2v) is 4.10. The Morgan fingerprint density at radius 1 is 1.40 bits per heavy atom. The lowest BCUT2D eigenvalue weighted by Crippen LogP contribution is -2.39. The van der Waals surface area contributed by atoms with E-state index in [2.05, 4.69) is 19.2 Å². The van der Waals surface area contributed by atoms with Gasteiger partial charge in [-0.3, -0.25) is 5.32 Å². The van der Waals surface area contributed by atoms with Crippen molar-refractivity contribution in [1.82, 2.24) is 5.32 Å². The van der Waals surface area contributed by atoms with Gasteiger partial charge in [-0.05, 0) is 32.6 Å². The van der Waals surface area contributed by atoms with E-state index in [9.17, 15) is 0 Å². The van der Waals surface area contributed by atoms with Gasteiger partial charge in [-0.2, -0.15) is 0 Å². The first-order chi connectivity index (χ1) is 4.67. The summed E-state index contributed by atoms with van der Waals surface area (Å²) >= 11 is 0. The highest BCUT2D eigenvalue weighted by molar-refractivity contribution is 4.91. The van der Waals surface area contributed by atoms with Crippen LogP contribution in [0, 0.1) is 5.92 Å². The number of ether oxygens (including phenoxy) is 1. The van der Waals surface area contributed by atoms with E-state index in [1.54, 1.807) is 0 Å². The van der Waals surface area contributed by atoms with Crippen LogP contribution in [0.25, 0.3) is 0 Å². The Kier molecular flexibility index (Phi) is 1.29. The zero-order valence-electron chi connectivity index (χ0n) is 6.68. The molecule has 2 nitrogen and oxygen atoms in total. The molecule has 2 heteroatoms. The van der Waals surface area contributed by atoms with Crippen LogP contribution >= 0.6 is 0 Å². The molecule has 58 valence electrons. The predicted molar refractivity (Wildman–Crippen MR) is 39.7 cm³/mol. The van der Waals surface area contributed by atoms with E-state index >= 15 is 0 Å². The second kappa shape index (κ2) is 1.95. The highest BCUT2D eigenvalue weighted by atomic mass is 16.5. The van der Waals surface area contributed by atoms with Crippen molar-refractivity contribution < 1.29 is 4.74 Å². The van der Waals surface area contributed by atoms with Crippen molar-refractivity contribution in [3.05, 3.63) is 0 Å². The SMILES string of the molecule is CC1(C)COC(C2CC2)N1. The number of hydrogen-bond acceptors (Lipinski definition) is 2. The fourth-order valence-corrected chi connectivity index (χ4v) is 1.42. The second-order valence-electron chi connectivity index (χ2n) is 4.10. The Labute approximate surface area is 61.9 Å². The van der Waals surface area contributed by atoms with Crippen molar-refractivity contribution in [1.29, 1.82) is 0 Å². The Balaban J connectivity index is 1.92. The molecule has 1 saturated carbocycles. The summed E-state index contributed by atoms with van der Waals surface area (Å²) in [5, 5.41) is 3.47. The molecule has 1 atom stereocenters. The Bertz CT molecular complexity index is 140. The van der Waals surface area contributed by atoms with Gasteiger partial charge >= 0.3 is 0 Å². The first kappa shape index (κ1) is 6.62. The van der Waals surface area contributed by atoms with E-state index < -0.39 is 0 Å². The minimum Gasteiger partial charge on any atom is -0.361 e. The summed E-state index contributed by atoms with van der Waals surface area (Å²) in [7, 11) is 0. The lowest BCUT2D eigenvalue weighted by Gasteiger charge is -2.16. The van der Waals surface area contributed by atoms with Gasteiger partial charge in [-0.15, -0.1) is 0 Å². The molecule has 0 amide bonds. The topological polar surface area (TPSA) is 21.3 Å². The van der Waals surface area contributed by atoms with Crippen LogP contribution in [-0.2, 0) is 4.74 Å². The van der Waals surface area contributed by atoms with Crippen LogP contribution < -0.4 is 5.32 Å². The first-order valence-corrected chi connectivity index (χ1v) is 4.07. The fraction of sp³-hybridized carbons (Fsp3) is 1.00. The van der Waals surface area contributed by atoms with Crippen molar-refractivity contribution in [3.63, 3.8) is 0 Å². The van der Waals surface area contributed by atoms with Crippen molar-refractivity contribution in [2.75, 3.05) is 6.61 Å². The number of rotatable bonds is 1. The van der Waals surface area contributed by atoms with Crippen molar-refractivity contribution in [3.8, 4) is 0 Å². The normalized spacial score (nSPS) is 38.4. The van der Waals surface area contributed by atoms with E-state index in [4.69, 9.17) is 4.74 Å². The van der Waals surface area contributed by atoms with Crippen LogP contribution in [0.15, 0.2) is 0 Å². The molecule has 1 unspecified atom stereocenters. The standard InChI is InChI=1S/C8H15NO/c1-8(2)5-10-7(9-8)6-3-4-6/h6-7,9H,3-5H2,1-2H3. The van der Waals surface area contributed by atoms with Crippen LogP contribution in [0.1, 0.15) is 26.7 Å². The Morgan fingerprint density at radius 2 is 2.10 bits per heavy atom. The quantitative estimate of drug-likeness (QED) is 0.591. The first-order valence-electron chi connectivity index (χ1n) is 4.07. The Hall–Kier alpha value is -0.0800. The molecule has 2 aliphatic rings. The van der Waals surface area contributed by atoms with Crippen LogP contribution in [0.5, 0.6) is 0 Å². The van der Waals surface area contributed by atoms with Crippen molar-refractivity contribution in [2.45, 2.75) is 38.5 Å². The maximum atomic E-state index is 5.58. The van der Waals surface area contributed by atoms with Crippen LogP contribution in [-0.4, -0.2) is 18.4 Å². The molecular formula is C8H15NO. The van der Waals surface area contributed by atoms with E-state index in [1.165, 1.54) is 12.8 Å². The molecule has 2 fully saturated rings. The van der Waals surface area contributed by atoms with E-state index in [-0.39, 0.29) is 5.54 Å². The minimum atomic E-state index is 0.216. The summed E-state index contributed by atoms with van der Waals surface area (Å²) in [6.45, 7) is 5.25. The number of nitrogens with one attached hydrogen (secondary N) is 1. The maximum Gasteiger partial charge on any atom is 0.111 e. The Morgan fingerprint density at radius 3 is 2.50 bits per heavy atom. The molecule has 0 aromatic carbocycles. The lowest BCUT2D eigenvalue weighted by molar-refractivity contribution is 0.0818. The van der Waals surface area contributed by atoms with E-state index in [0.717, 1.165) is 12.5 Å². The van der Waals surface area contributed by atoms with E-state index in [1.807, 2.05) is 0 Å². The third-order valence-corrected chi connectivity index (χ3v) is 2.21. The third kappa shape index (κ3) is 1.18. The average Bonchev–Trinajstić information content (AvgIpc) is 2.59. The molecule has 1 saturated heterocycles. The molecule has 1 heterocycles. The highest BCUT2D eigenvalue weighted by Gasteiger charge is 2.40. The molecule has 1 aliphatic heterocycles. The molecule has 10 heavy (non-hydrogen) atoms.